The number of amides is 1. The van der Waals surface area contributed by atoms with Gasteiger partial charge in [0.1, 0.15) is 23.4 Å². The van der Waals surface area contributed by atoms with Crippen molar-refractivity contribution < 1.29 is 23.5 Å². The summed E-state index contributed by atoms with van der Waals surface area (Å²) in [5.74, 6) is -0.556. The number of hydrogen-bond donors (Lipinski definition) is 3. The summed E-state index contributed by atoms with van der Waals surface area (Å²) in [6.07, 6.45) is 1.82. The van der Waals surface area contributed by atoms with Gasteiger partial charge in [0.05, 0.1) is 17.3 Å². The molecule has 1 aliphatic rings. The van der Waals surface area contributed by atoms with Crippen LogP contribution in [0.15, 0.2) is 89.5 Å². The van der Waals surface area contributed by atoms with E-state index in [0.29, 0.717) is 27.9 Å². The maximum absolute atomic E-state index is 13.2. The smallest absolute Gasteiger partial charge is 0.335 e. The molecule has 2 atom stereocenters. The van der Waals surface area contributed by atoms with Crippen molar-refractivity contribution in [3.05, 3.63) is 108 Å². The van der Waals surface area contributed by atoms with Crippen LogP contribution in [0.3, 0.4) is 0 Å². The molecule has 2 aromatic carbocycles. The quantitative estimate of drug-likeness (QED) is 0.268. The number of carbonyl (C=O) groups excluding carboxylic acids is 1. The van der Waals surface area contributed by atoms with Crippen LogP contribution in [0.5, 0.6) is 0 Å². The highest BCUT2D eigenvalue weighted by atomic mass is 32.1. The standard InChI is InChI=1S/C28H23FN4O4S/c29-19-7-9-20(10-8-19)31-24(34)13-15-33-26(25(32-28(33)38)21-6-1-2-14-30-21)23-12-11-22(37-23)17-4-3-5-18(16-17)27(35)36/h1-12,14,16,25-26H,13,15H2,(H,31,34)(H,32,38)(H,35,36)/t25-,26+/m0/s1. The van der Waals surface area contributed by atoms with Gasteiger partial charge in [0, 0.05) is 30.4 Å². The van der Waals surface area contributed by atoms with Crippen LogP contribution in [-0.2, 0) is 4.79 Å². The molecular weight excluding hydrogens is 507 g/mol. The Morgan fingerprint density at radius 2 is 1.89 bits per heavy atom. The van der Waals surface area contributed by atoms with Crippen LogP contribution in [0.4, 0.5) is 10.1 Å². The Bertz CT molecular complexity index is 1480. The van der Waals surface area contributed by atoms with E-state index >= 15 is 0 Å². The number of nitrogens with one attached hydrogen (secondary N) is 2. The molecule has 0 spiro atoms. The van der Waals surface area contributed by atoms with Gasteiger partial charge in [-0.2, -0.15) is 0 Å². The molecule has 1 fully saturated rings. The lowest BCUT2D eigenvalue weighted by atomic mass is 10.0. The third-order valence-corrected chi connectivity index (χ3v) is 6.57. The maximum Gasteiger partial charge on any atom is 0.335 e. The zero-order valence-corrected chi connectivity index (χ0v) is 20.8. The first kappa shape index (κ1) is 25.1. The molecule has 5 rings (SSSR count). The van der Waals surface area contributed by atoms with Crippen molar-refractivity contribution in [1.29, 1.82) is 0 Å². The molecule has 0 radical (unpaired) electrons. The Hall–Kier alpha value is -4.57. The minimum atomic E-state index is -1.02. The van der Waals surface area contributed by atoms with Crippen LogP contribution < -0.4 is 10.6 Å². The lowest BCUT2D eigenvalue weighted by molar-refractivity contribution is -0.116. The fourth-order valence-electron chi connectivity index (χ4n) is 4.41. The number of furan rings is 1. The number of carboxylic acids is 1. The number of carbonyl (C=O) groups is 2. The Labute approximate surface area is 223 Å². The van der Waals surface area contributed by atoms with Crippen LogP contribution in [-0.4, -0.2) is 38.5 Å². The topological polar surface area (TPSA) is 108 Å². The Morgan fingerprint density at radius 1 is 1.08 bits per heavy atom. The zero-order chi connectivity index (χ0) is 26.6. The van der Waals surface area contributed by atoms with E-state index in [4.69, 9.17) is 16.6 Å². The predicted molar refractivity (Wildman–Crippen MR) is 143 cm³/mol. The molecule has 1 amide bonds. The van der Waals surface area contributed by atoms with Crippen molar-refractivity contribution in [2.75, 3.05) is 11.9 Å². The van der Waals surface area contributed by atoms with E-state index in [9.17, 15) is 19.1 Å². The van der Waals surface area contributed by atoms with E-state index in [1.54, 1.807) is 30.5 Å². The highest BCUT2D eigenvalue weighted by Gasteiger charge is 2.41. The lowest BCUT2D eigenvalue weighted by Crippen LogP contribution is -2.32. The molecule has 0 bridgehead atoms. The van der Waals surface area contributed by atoms with Gasteiger partial charge in [-0.05, 0) is 72.9 Å². The second-order valence-electron chi connectivity index (χ2n) is 8.71. The molecule has 0 aliphatic carbocycles. The van der Waals surface area contributed by atoms with Gasteiger partial charge in [-0.25, -0.2) is 9.18 Å². The minimum Gasteiger partial charge on any atom is -0.478 e. The molecular formula is C28H23FN4O4S. The molecule has 8 nitrogen and oxygen atoms in total. The monoisotopic (exact) mass is 530 g/mol. The normalized spacial score (nSPS) is 16.8. The molecule has 1 aliphatic heterocycles. The summed E-state index contributed by atoms with van der Waals surface area (Å²) in [6.45, 7) is 0.289. The molecule has 1 saturated heterocycles. The summed E-state index contributed by atoms with van der Waals surface area (Å²) in [7, 11) is 0. The maximum atomic E-state index is 13.2. The average molecular weight is 531 g/mol. The van der Waals surface area contributed by atoms with Gasteiger partial charge in [-0.15, -0.1) is 0 Å². The molecule has 3 heterocycles. The Morgan fingerprint density at radius 3 is 2.63 bits per heavy atom. The fourth-order valence-corrected chi connectivity index (χ4v) is 4.74. The summed E-state index contributed by atoms with van der Waals surface area (Å²) in [4.78, 5) is 30.4. The number of hydrogen-bond acceptors (Lipinski definition) is 5. The van der Waals surface area contributed by atoms with E-state index in [0.717, 1.165) is 5.69 Å². The lowest BCUT2D eigenvalue weighted by Gasteiger charge is -2.25. The Kier molecular flexibility index (Phi) is 7.14. The second kappa shape index (κ2) is 10.8. The van der Waals surface area contributed by atoms with Crippen molar-refractivity contribution in [2.45, 2.75) is 18.5 Å². The van der Waals surface area contributed by atoms with Crippen LogP contribution in [0.25, 0.3) is 11.3 Å². The van der Waals surface area contributed by atoms with Crippen molar-refractivity contribution in [2.24, 2.45) is 0 Å². The van der Waals surface area contributed by atoms with Crippen LogP contribution in [0, 0.1) is 5.82 Å². The van der Waals surface area contributed by atoms with Gasteiger partial charge in [0.25, 0.3) is 0 Å². The number of rotatable bonds is 8. The minimum absolute atomic E-state index is 0.124. The molecule has 192 valence electrons. The number of aromatic carboxylic acids is 1. The Balaban J connectivity index is 1.40. The predicted octanol–water partition coefficient (Wildman–Crippen LogP) is 5.18. The summed E-state index contributed by atoms with van der Waals surface area (Å²) in [5.41, 5.74) is 2.04. The zero-order valence-electron chi connectivity index (χ0n) is 20.0. The first-order valence-electron chi connectivity index (χ1n) is 11.9. The largest absolute Gasteiger partial charge is 0.478 e. The van der Waals surface area contributed by atoms with Crippen LogP contribution in [0.2, 0.25) is 0 Å². The number of halogens is 1. The summed E-state index contributed by atoms with van der Waals surface area (Å²) < 4.78 is 19.4. The number of anilines is 1. The number of nitrogens with zero attached hydrogens (tertiary/aromatic N) is 2. The van der Waals surface area contributed by atoms with Crippen molar-refractivity contribution >= 4 is 34.9 Å². The van der Waals surface area contributed by atoms with E-state index in [1.807, 2.05) is 29.2 Å². The van der Waals surface area contributed by atoms with E-state index in [2.05, 4.69) is 15.6 Å². The van der Waals surface area contributed by atoms with Crippen molar-refractivity contribution in [3.63, 3.8) is 0 Å². The van der Waals surface area contributed by atoms with Gasteiger partial charge in [0.15, 0.2) is 5.11 Å². The molecule has 0 unspecified atom stereocenters. The van der Waals surface area contributed by atoms with Gasteiger partial charge >= 0.3 is 5.97 Å². The highest BCUT2D eigenvalue weighted by molar-refractivity contribution is 7.80. The fraction of sp³-hybridized carbons (Fsp3) is 0.143. The molecule has 38 heavy (non-hydrogen) atoms. The first-order chi connectivity index (χ1) is 18.4. The number of benzene rings is 2. The number of pyridine rings is 1. The van der Waals surface area contributed by atoms with Gasteiger partial charge in [-0.1, -0.05) is 18.2 Å². The summed E-state index contributed by atoms with van der Waals surface area (Å²) >= 11 is 5.64. The molecule has 2 aromatic heterocycles. The second-order valence-corrected chi connectivity index (χ2v) is 9.10. The first-order valence-corrected chi connectivity index (χ1v) is 12.3. The average Bonchev–Trinajstić information content (AvgIpc) is 3.54. The number of thiocarbonyl (C=S) groups is 1. The summed E-state index contributed by atoms with van der Waals surface area (Å²) in [6, 6.07) is 20.5. The summed E-state index contributed by atoms with van der Waals surface area (Å²) in [5, 5.41) is 15.9. The highest BCUT2D eigenvalue weighted by Crippen LogP contribution is 2.40. The van der Waals surface area contributed by atoms with Gasteiger partial charge in [-0.3, -0.25) is 9.78 Å². The van der Waals surface area contributed by atoms with Crippen LogP contribution >= 0.6 is 12.2 Å². The third kappa shape index (κ3) is 5.40. The van der Waals surface area contributed by atoms with Crippen molar-refractivity contribution in [1.82, 2.24) is 15.2 Å². The van der Waals surface area contributed by atoms with Gasteiger partial charge in [0.2, 0.25) is 5.91 Å². The SMILES string of the molecule is O=C(CCN1C(=S)N[C@@H](c2ccccn2)[C@H]1c1ccc(-c2cccc(C(=O)O)c2)o1)Nc1ccc(F)cc1. The van der Waals surface area contributed by atoms with Gasteiger partial charge < -0.3 is 25.1 Å². The third-order valence-electron chi connectivity index (χ3n) is 6.22. The van der Waals surface area contributed by atoms with Crippen LogP contribution in [0.1, 0.15) is 40.3 Å². The molecule has 0 saturated carbocycles. The molecule has 4 aromatic rings. The molecule has 3 N–H and O–H groups in total. The van der Waals surface area contributed by atoms with Crippen molar-refractivity contribution in [3.8, 4) is 11.3 Å². The molecule has 10 heteroatoms. The number of aromatic nitrogens is 1. The number of carboxylic acid groups (broad SMARTS) is 1. The van der Waals surface area contributed by atoms with E-state index < -0.39 is 12.0 Å². The van der Waals surface area contributed by atoms with E-state index in [1.165, 1.54) is 30.3 Å². The van der Waals surface area contributed by atoms with E-state index in [-0.39, 0.29) is 36.3 Å².